The van der Waals surface area contributed by atoms with Crippen LogP contribution in [0.3, 0.4) is 0 Å². The standard InChI is InChI=1S/C10H18O/c1-11-10-7-4-8-2-5-9(10)6-3-8/h8-10H,2-7H2,1H3/t8?,9?,10-/m0/s1/i9+1. The maximum atomic E-state index is 5.50. The summed E-state index contributed by atoms with van der Waals surface area (Å²) in [5, 5.41) is 0. The van der Waals surface area contributed by atoms with Crippen LogP contribution in [-0.2, 0) is 4.74 Å². The third kappa shape index (κ3) is 1.44. The van der Waals surface area contributed by atoms with Crippen LogP contribution in [0.5, 0.6) is 0 Å². The first-order chi connectivity index (χ1) is 5.40. The molecule has 0 aromatic heterocycles. The quantitative estimate of drug-likeness (QED) is 0.529. The highest BCUT2D eigenvalue weighted by Gasteiger charge is 2.31. The molecule has 64 valence electrons. The van der Waals surface area contributed by atoms with Crippen LogP contribution < -0.4 is 0 Å². The summed E-state index contributed by atoms with van der Waals surface area (Å²) in [5.41, 5.74) is 0. The first kappa shape index (κ1) is 7.60. The van der Waals surface area contributed by atoms with Gasteiger partial charge in [0.25, 0.3) is 0 Å². The maximum absolute atomic E-state index is 5.50. The minimum atomic E-state index is 0.600. The lowest BCUT2D eigenvalue weighted by Gasteiger charge is -2.26. The van der Waals surface area contributed by atoms with E-state index in [1.165, 1.54) is 38.5 Å². The molecule has 3 saturated carbocycles. The number of rotatable bonds is 1. The molecule has 3 aliphatic carbocycles. The van der Waals surface area contributed by atoms with E-state index >= 15 is 0 Å². The molecule has 3 fully saturated rings. The molecule has 0 aliphatic heterocycles. The molecule has 1 heteroatoms. The molecule has 0 radical (unpaired) electrons. The second-order valence-corrected chi connectivity index (χ2v) is 4.13. The highest BCUT2D eigenvalue weighted by atomic mass is 16.5. The van der Waals surface area contributed by atoms with Crippen LogP contribution in [0, 0.1) is 11.8 Å². The predicted molar refractivity (Wildman–Crippen MR) is 45.5 cm³/mol. The van der Waals surface area contributed by atoms with Crippen molar-refractivity contribution in [3.05, 3.63) is 0 Å². The summed E-state index contributed by atoms with van der Waals surface area (Å²) in [5.74, 6) is 1.95. The molecule has 0 amide bonds. The molecule has 0 unspecified atom stereocenters. The van der Waals surface area contributed by atoms with Crippen molar-refractivity contribution >= 4 is 0 Å². The number of hydrogen-bond acceptors (Lipinski definition) is 1. The van der Waals surface area contributed by atoms with Gasteiger partial charge in [0.15, 0.2) is 0 Å². The summed E-state index contributed by atoms with van der Waals surface area (Å²) in [4.78, 5) is 0. The summed E-state index contributed by atoms with van der Waals surface area (Å²) in [6.45, 7) is 0. The molecule has 0 saturated heterocycles. The Bertz CT molecular complexity index is 125. The summed E-state index contributed by atoms with van der Waals surface area (Å²) in [6, 6.07) is 0. The van der Waals surface area contributed by atoms with E-state index in [0.717, 1.165) is 11.8 Å². The Kier molecular flexibility index (Phi) is 2.17. The lowest BCUT2D eigenvalue weighted by molar-refractivity contribution is 0.0441. The van der Waals surface area contributed by atoms with Crippen LogP contribution in [0.2, 0.25) is 0 Å². The molecule has 11 heavy (non-hydrogen) atoms. The Morgan fingerprint density at radius 2 is 1.55 bits per heavy atom. The van der Waals surface area contributed by atoms with Gasteiger partial charge in [0.1, 0.15) is 0 Å². The summed E-state index contributed by atoms with van der Waals surface area (Å²) >= 11 is 0. The van der Waals surface area contributed by atoms with Crippen LogP contribution >= 0.6 is 0 Å². The second-order valence-electron chi connectivity index (χ2n) is 4.13. The van der Waals surface area contributed by atoms with Gasteiger partial charge in [-0.2, -0.15) is 0 Å². The van der Waals surface area contributed by atoms with Crippen molar-refractivity contribution in [3.63, 3.8) is 0 Å². The van der Waals surface area contributed by atoms with Crippen LogP contribution in [0.15, 0.2) is 0 Å². The van der Waals surface area contributed by atoms with Gasteiger partial charge in [0.05, 0.1) is 6.10 Å². The van der Waals surface area contributed by atoms with E-state index in [2.05, 4.69) is 0 Å². The molecule has 1 nitrogen and oxygen atoms in total. The molecule has 0 heterocycles. The maximum Gasteiger partial charge on any atom is 0.0599 e. The Hall–Kier alpha value is -0.0400. The van der Waals surface area contributed by atoms with Crippen molar-refractivity contribution < 1.29 is 4.74 Å². The highest BCUT2D eigenvalue weighted by molar-refractivity contribution is 4.83. The summed E-state index contributed by atoms with van der Waals surface area (Å²) in [7, 11) is 1.88. The normalized spacial score (nSPS) is 43.9. The summed E-state index contributed by atoms with van der Waals surface area (Å²) < 4.78 is 5.50. The summed E-state index contributed by atoms with van der Waals surface area (Å²) in [6.07, 6.45) is 9.17. The van der Waals surface area contributed by atoms with E-state index in [9.17, 15) is 0 Å². The van der Waals surface area contributed by atoms with Crippen LogP contribution in [0.4, 0.5) is 0 Å². The molecule has 0 N–H and O–H groups in total. The molecule has 1 atom stereocenters. The molecule has 3 aliphatic rings. The average Bonchev–Trinajstić information content (AvgIpc) is 2.36. The van der Waals surface area contributed by atoms with Gasteiger partial charge in [0.2, 0.25) is 0 Å². The molecule has 0 spiro atoms. The molecule has 2 bridgehead atoms. The van der Waals surface area contributed by atoms with Gasteiger partial charge in [-0.15, -0.1) is 0 Å². The van der Waals surface area contributed by atoms with Gasteiger partial charge >= 0.3 is 0 Å². The monoisotopic (exact) mass is 155 g/mol. The first-order valence-electron chi connectivity index (χ1n) is 4.93. The van der Waals surface area contributed by atoms with Crippen molar-refractivity contribution in [2.45, 2.75) is 44.6 Å². The number of ether oxygens (including phenoxy) is 1. The highest BCUT2D eigenvalue weighted by Crippen LogP contribution is 2.39. The SMILES string of the molecule is CO[C@H]1CCC2CC[13CH]1CC2. The van der Waals surface area contributed by atoms with E-state index < -0.39 is 0 Å². The Labute approximate surface area is 69.1 Å². The van der Waals surface area contributed by atoms with E-state index in [4.69, 9.17) is 4.74 Å². The second kappa shape index (κ2) is 3.14. The number of methoxy groups -OCH3 is 1. The smallest absolute Gasteiger partial charge is 0.0599 e. The van der Waals surface area contributed by atoms with Crippen molar-refractivity contribution in [1.29, 1.82) is 0 Å². The number of fused-ring (bicyclic) bond motifs is 4. The topological polar surface area (TPSA) is 9.23 Å². The Balaban J connectivity index is 2.03. The van der Waals surface area contributed by atoms with E-state index in [1.54, 1.807) is 0 Å². The van der Waals surface area contributed by atoms with Crippen LogP contribution in [0.1, 0.15) is 38.5 Å². The van der Waals surface area contributed by atoms with E-state index in [0.29, 0.717) is 6.10 Å². The molecular weight excluding hydrogens is 137 g/mol. The van der Waals surface area contributed by atoms with Gasteiger partial charge in [-0.3, -0.25) is 0 Å². The fraction of sp³-hybridized carbons (Fsp3) is 1.00. The van der Waals surface area contributed by atoms with Gasteiger partial charge in [-0.25, -0.2) is 0 Å². The van der Waals surface area contributed by atoms with Crippen molar-refractivity contribution in [3.8, 4) is 0 Å². The Morgan fingerprint density at radius 1 is 0.909 bits per heavy atom. The molecule has 0 aromatic carbocycles. The number of hydrogen-bond donors (Lipinski definition) is 0. The fourth-order valence-corrected chi connectivity index (χ4v) is 2.79. The average molecular weight is 155 g/mol. The van der Waals surface area contributed by atoms with Crippen molar-refractivity contribution in [1.82, 2.24) is 0 Å². The zero-order chi connectivity index (χ0) is 7.68. The zero-order valence-electron chi connectivity index (χ0n) is 7.38. The van der Waals surface area contributed by atoms with E-state index in [-0.39, 0.29) is 0 Å². The van der Waals surface area contributed by atoms with Gasteiger partial charge in [0, 0.05) is 7.11 Å². The van der Waals surface area contributed by atoms with Gasteiger partial charge in [-0.1, -0.05) is 12.8 Å². The van der Waals surface area contributed by atoms with Crippen LogP contribution in [0.25, 0.3) is 0 Å². The Morgan fingerprint density at radius 3 is 2.18 bits per heavy atom. The minimum absolute atomic E-state index is 0.600. The van der Waals surface area contributed by atoms with Gasteiger partial charge in [-0.05, 0) is 37.5 Å². The lowest BCUT2D eigenvalue weighted by Crippen LogP contribution is -2.22. The zero-order valence-corrected chi connectivity index (χ0v) is 7.38. The predicted octanol–water partition coefficient (Wildman–Crippen LogP) is 2.60. The van der Waals surface area contributed by atoms with Gasteiger partial charge < -0.3 is 4.74 Å². The van der Waals surface area contributed by atoms with E-state index in [1.807, 2.05) is 7.11 Å². The fourth-order valence-electron chi connectivity index (χ4n) is 2.79. The molecule has 0 aromatic rings. The van der Waals surface area contributed by atoms with Crippen LogP contribution in [-0.4, -0.2) is 13.2 Å². The first-order valence-corrected chi connectivity index (χ1v) is 4.93. The minimum Gasteiger partial charge on any atom is -0.381 e. The third-order valence-corrected chi connectivity index (χ3v) is 3.58. The molecular formula is C10H18O. The molecule has 3 rings (SSSR count). The van der Waals surface area contributed by atoms with Crippen molar-refractivity contribution in [2.75, 3.05) is 7.11 Å². The lowest BCUT2D eigenvalue weighted by atomic mass is 9.93. The largest absolute Gasteiger partial charge is 0.381 e. The van der Waals surface area contributed by atoms with Crippen molar-refractivity contribution in [2.24, 2.45) is 11.8 Å². The third-order valence-electron chi connectivity index (χ3n) is 3.58.